The highest BCUT2D eigenvalue weighted by Crippen LogP contribution is 2.37. The zero-order valence-corrected chi connectivity index (χ0v) is 13.8. The van der Waals surface area contributed by atoms with Gasteiger partial charge in [0.1, 0.15) is 3.57 Å². The van der Waals surface area contributed by atoms with E-state index in [0.717, 1.165) is 5.56 Å². The summed E-state index contributed by atoms with van der Waals surface area (Å²) in [4.78, 5) is 26.4. The van der Waals surface area contributed by atoms with Crippen molar-refractivity contribution in [3.63, 3.8) is 0 Å². The first-order chi connectivity index (χ1) is 10.6. The summed E-state index contributed by atoms with van der Waals surface area (Å²) in [6.45, 7) is 0. The van der Waals surface area contributed by atoms with Crippen LogP contribution in [0.15, 0.2) is 36.7 Å². The first-order valence-corrected chi connectivity index (χ1v) is 7.52. The monoisotopic (exact) mass is 410 g/mol. The Labute approximate surface area is 140 Å². The quantitative estimate of drug-likeness (QED) is 0.586. The van der Waals surface area contributed by atoms with Gasteiger partial charge < -0.3 is 11.1 Å². The van der Waals surface area contributed by atoms with Crippen LogP contribution in [-0.2, 0) is 0 Å². The van der Waals surface area contributed by atoms with Crippen molar-refractivity contribution in [3.05, 3.63) is 45.8 Å². The van der Waals surface area contributed by atoms with Crippen LogP contribution in [0.1, 0.15) is 5.56 Å². The SMILES string of the molecule is CNC(=O)[N@+]1(Oc2nc(N)ncc2I)C=Cc2ccccc21. The average Bonchev–Trinajstić information content (AvgIpc) is 2.90. The third-order valence-electron chi connectivity index (χ3n) is 3.24. The molecule has 1 atom stereocenters. The number of hydroxylamine groups is 2. The van der Waals surface area contributed by atoms with Gasteiger partial charge >= 0.3 is 11.9 Å². The Morgan fingerprint density at radius 2 is 2.18 bits per heavy atom. The predicted molar refractivity (Wildman–Crippen MR) is 91.5 cm³/mol. The number of nitrogen functional groups attached to an aromatic ring is 1. The van der Waals surface area contributed by atoms with E-state index in [1.54, 1.807) is 19.4 Å². The molecule has 0 spiro atoms. The van der Waals surface area contributed by atoms with E-state index in [-0.39, 0.29) is 17.9 Å². The molecule has 0 fully saturated rings. The normalized spacial score (nSPS) is 18.8. The Morgan fingerprint density at radius 3 is 2.95 bits per heavy atom. The van der Waals surface area contributed by atoms with E-state index in [4.69, 9.17) is 10.6 Å². The minimum atomic E-state index is -0.459. The first kappa shape index (κ1) is 14.7. The number of urea groups is 1. The predicted octanol–water partition coefficient (Wildman–Crippen LogP) is 2.29. The number of benzene rings is 1. The molecule has 0 unspecified atom stereocenters. The highest BCUT2D eigenvalue weighted by Gasteiger charge is 2.47. The van der Waals surface area contributed by atoms with Gasteiger partial charge in [0, 0.05) is 35.6 Å². The fraction of sp³-hybridized carbons (Fsp3) is 0.0714. The molecule has 7 nitrogen and oxygen atoms in total. The van der Waals surface area contributed by atoms with Crippen molar-refractivity contribution in [1.82, 2.24) is 19.9 Å². The van der Waals surface area contributed by atoms with Gasteiger partial charge in [0.2, 0.25) is 5.95 Å². The van der Waals surface area contributed by atoms with Crippen LogP contribution in [0, 0.1) is 3.57 Å². The number of nitrogens with zero attached hydrogens (tertiary/aromatic N) is 3. The number of halogens is 1. The lowest BCUT2D eigenvalue weighted by molar-refractivity contribution is 0.0364. The van der Waals surface area contributed by atoms with Crippen molar-refractivity contribution in [2.45, 2.75) is 0 Å². The fourth-order valence-electron chi connectivity index (χ4n) is 2.23. The molecule has 0 radical (unpaired) electrons. The number of anilines is 1. The number of nitrogens with one attached hydrogen (secondary N) is 1. The van der Waals surface area contributed by atoms with Gasteiger partial charge in [-0.25, -0.2) is 9.78 Å². The van der Waals surface area contributed by atoms with E-state index in [1.165, 1.54) is 0 Å². The lowest BCUT2D eigenvalue weighted by atomic mass is 10.2. The van der Waals surface area contributed by atoms with E-state index in [2.05, 4.69) is 15.3 Å². The molecule has 1 aromatic heterocycles. The van der Waals surface area contributed by atoms with Gasteiger partial charge in [-0.1, -0.05) is 12.1 Å². The summed E-state index contributed by atoms with van der Waals surface area (Å²) in [5, 5.41) is 2.62. The van der Waals surface area contributed by atoms with Crippen molar-refractivity contribution >= 4 is 46.3 Å². The van der Waals surface area contributed by atoms with Gasteiger partial charge in [-0.15, -0.1) is 0 Å². The van der Waals surface area contributed by atoms with Crippen LogP contribution in [0.4, 0.5) is 16.4 Å². The number of hydrogen-bond donors (Lipinski definition) is 2. The zero-order valence-electron chi connectivity index (χ0n) is 11.7. The summed E-state index contributed by atoms with van der Waals surface area (Å²) in [6, 6.07) is 7.16. The van der Waals surface area contributed by atoms with Gasteiger partial charge in [0.15, 0.2) is 11.9 Å². The summed E-state index contributed by atoms with van der Waals surface area (Å²) in [6.07, 6.45) is 5.05. The molecule has 2 aromatic rings. The number of nitrogens with two attached hydrogens (primary N) is 1. The number of aromatic nitrogens is 2. The molecule has 0 saturated heterocycles. The summed E-state index contributed by atoms with van der Waals surface area (Å²) < 4.78 is 0.199. The second kappa shape index (κ2) is 5.54. The molecule has 8 heteroatoms. The van der Waals surface area contributed by atoms with Crippen LogP contribution in [0.2, 0.25) is 0 Å². The van der Waals surface area contributed by atoms with Gasteiger partial charge in [-0.05, 0) is 28.7 Å². The molecule has 3 N–H and O–H groups in total. The minimum absolute atomic E-state index is 0.0851. The number of amides is 2. The van der Waals surface area contributed by atoms with Gasteiger partial charge in [-0.3, -0.25) is 4.84 Å². The van der Waals surface area contributed by atoms with E-state index in [1.807, 2.05) is 52.9 Å². The third-order valence-corrected chi connectivity index (χ3v) is 3.98. The Balaban J connectivity index is 2.12. The number of hydrogen-bond acceptors (Lipinski definition) is 5. The van der Waals surface area contributed by atoms with Crippen LogP contribution in [0.5, 0.6) is 5.88 Å². The largest absolute Gasteiger partial charge is 0.468 e. The molecule has 1 aromatic carbocycles. The lowest BCUT2D eigenvalue weighted by Crippen LogP contribution is -2.55. The summed E-state index contributed by atoms with van der Waals surface area (Å²) in [7, 11) is 1.56. The maximum Gasteiger partial charge on any atom is 0.468 e. The third kappa shape index (κ3) is 2.29. The molecule has 22 heavy (non-hydrogen) atoms. The highest BCUT2D eigenvalue weighted by atomic mass is 127. The lowest BCUT2D eigenvalue weighted by Gasteiger charge is -2.25. The topological polar surface area (TPSA) is 90.1 Å². The van der Waals surface area contributed by atoms with Gasteiger partial charge in [0.05, 0.1) is 0 Å². The second-order valence-electron chi connectivity index (χ2n) is 4.56. The number of rotatable bonds is 2. The first-order valence-electron chi connectivity index (χ1n) is 6.44. The van der Waals surface area contributed by atoms with Crippen LogP contribution >= 0.6 is 22.6 Å². The Bertz CT molecular complexity index is 780. The average molecular weight is 410 g/mol. The zero-order chi connectivity index (χ0) is 15.7. The van der Waals surface area contributed by atoms with Crippen LogP contribution in [-0.4, -0.2) is 23.0 Å². The van der Waals surface area contributed by atoms with Gasteiger partial charge in [0.25, 0.3) is 0 Å². The van der Waals surface area contributed by atoms with Crippen LogP contribution in [0.25, 0.3) is 6.08 Å². The maximum atomic E-state index is 12.5. The molecule has 1 aliphatic rings. The van der Waals surface area contributed by atoms with Crippen molar-refractivity contribution in [3.8, 4) is 5.88 Å². The van der Waals surface area contributed by atoms with Crippen LogP contribution in [0.3, 0.4) is 0 Å². The number of para-hydroxylation sites is 1. The van der Waals surface area contributed by atoms with Crippen molar-refractivity contribution in [1.29, 1.82) is 0 Å². The molecule has 112 valence electrons. The van der Waals surface area contributed by atoms with Gasteiger partial charge in [-0.2, -0.15) is 4.98 Å². The van der Waals surface area contributed by atoms with Crippen molar-refractivity contribution < 1.29 is 9.63 Å². The molecular formula is C14H13IN5O2+. The molecule has 0 aliphatic carbocycles. The molecule has 0 saturated carbocycles. The Morgan fingerprint density at radius 1 is 1.41 bits per heavy atom. The fourth-order valence-corrected chi connectivity index (χ4v) is 2.58. The van der Waals surface area contributed by atoms with E-state index >= 15 is 0 Å². The number of quaternary nitrogens is 1. The summed E-state index contributed by atoms with van der Waals surface area (Å²) in [5.74, 6) is 0.333. The van der Waals surface area contributed by atoms with E-state index in [9.17, 15) is 4.79 Å². The molecule has 2 heterocycles. The highest BCUT2D eigenvalue weighted by molar-refractivity contribution is 14.1. The summed E-state index contributed by atoms with van der Waals surface area (Å²) in [5.41, 5.74) is 7.23. The Kier molecular flexibility index (Phi) is 3.71. The van der Waals surface area contributed by atoms with Crippen LogP contribution < -0.4 is 20.5 Å². The Hall–Kier alpha value is -2.20. The molecule has 0 bridgehead atoms. The molecule has 1 aliphatic heterocycles. The second-order valence-corrected chi connectivity index (χ2v) is 5.72. The van der Waals surface area contributed by atoms with E-state index < -0.39 is 4.65 Å². The van der Waals surface area contributed by atoms with E-state index in [0.29, 0.717) is 9.26 Å². The smallest absolute Gasteiger partial charge is 0.368 e. The summed E-state index contributed by atoms with van der Waals surface area (Å²) >= 11 is 2.03. The number of carbonyl (C=O) groups excluding carboxylic acids is 1. The standard InChI is InChI=1S/C14H12IN5O2/c1-17-14(21)20(7-6-9-4-2-3-5-11(9)20)22-12-10(15)8-18-13(16)19-12/h2-8H,1H3,(H2-,16,17,18,19,21)/p+1/t20-/m0/s1. The number of carbonyl (C=O) groups is 1. The van der Waals surface area contributed by atoms with Crippen molar-refractivity contribution in [2.24, 2.45) is 0 Å². The minimum Gasteiger partial charge on any atom is -0.368 e. The molecule has 2 amide bonds. The number of fused-ring (bicyclic) bond motifs is 1. The molecule has 3 rings (SSSR count). The molecular weight excluding hydrogens is 397 g/mol. The van der Waals surface area contributed by atoms with Crippen molar-refractivity contribution in [2.75, 3.05) is 12.8 Å². The maximum absolute atomic E-state index is 12.5.